The van der Waals surface area contributed by atoms with Crippen molar-refractivity contribution in [1.29, 1.82) is 0 Å². The molecular weight excluding hydrogens is 268 g/mol. The van der Waals surface area contributed by atoms with Crippen molar-refractivity contribution in [2.75, 3.05) is 0 Å². The minimum atomic E-state index is -0.0567. The first kappa shape index (κ1) is 15.8. The van der Waals surface area contributed by atoms with E-state index in [0.29, 0.717) is 6.10 Å². The van der Waals surface area contributed by atoms with E-state index < -0.39 is 0 Å². The molecule has 1 unspecified atom stereocenters. The molecule has 0 N–H and O–H groups in total. The van der Waals surface area contributed by atoms with Crippen molar-refractivity contribution < 1.29 is 4.74 Å². The quantitative estimate of drug-likeness (QED) is 0.648. The molecule has 1 heterocycles. The van der Waals surface area contributed by atoms with Gasteiger partial charge >= 0.3 is 0 Å². The number of rotatable bonds is 4. The lowest BCUT2D eigenvalue weighted by Crippen LogP contribution is -2.27. The van der Waals surface area contributed by atoms with Crippen molar-refractivity contribution in [3.8, 4) is 0 Å². The molecule has 1 aromatic carbocycles. The van der Waals surface area contributed by atoms with Crippen molar-refractivity contribution in [1.82, 2.24) is 0 Å². The molecule has 0 spiro atoms. The van der Waals surface area contributed by atoms with Gasteiger partial charge < -0.3 is 4.74 Å². The maximum absolute atomic E-state index is 6.44. The molecule has 1 nitrogen and oxygen atoms in total. The fourth-order valence-electron chi connectivity index (χ4n) is 4.11. The number of allylic oxidation sites excluding steroid dienone is 1. The Labute approximate surface area is 135 Å². The highest BCUT2D eigenvalue weighted by Gasteiger charge is 2.40. The first-order valence-electron chi connectivity index (χ1n) is 9.06. The SMILES string of the molecule is CC1(C)OC(C2CCCCC2)C/C1=C\CCc1ccccc1. The first-order chi connectivity index (χ1) is 10.6. The molecule has 2 fully saturated rings. The number of hydrogen-bond donors (Lipinski definition) is 0. The summed E-state index contributed by atoms with van der Waals surface area (Å²) < 4.78 is 6.44. The van der Waals surface area contributed by atoms with Crippen LogP contribution in [0.1, 0.15) is 64.4 Å². The van der Waals surface area contributed by atoms with E-state index in [9.17, 15) is 0 Å². The Morgan fingerprint density at radius 1 is 1.09 bits per heavy atom. The largest absolute Gasteiger partial charge is 0.367 e. The van der Waals surface area contributed by atoms with Gasteiger partial charge in [-0.15, -0.1) is 0 Å². The molecule has 0 radical (unpaired) electrons. The molecule has 3 rings (SSSR count). The van der Waals surface area contributed by atoms with Gasteiger partial charge in [-0.05, 0) is 63.0 Å². The molecule has 1 saturated heterocycles. The summed E-state index contributed by atoms with van der Waals surface area (Å²) >= 11 is 0. The molecule has 1 aromatic rings. The average molecular weight is 298 g/mol. The predicted octanol–water partition coefficient (Wildman–Crippen LogP) is 5.69. The first-order valence-corrected chi connectivity index (χ1v) is 9.06. The second kappa shape index (κ2) is 7.00. The summed E-state index contributed by atoms with van der Waals surface area (Å²) in [6, 6.07) is 10.8. The van der Waals surface area contributed by atoms with Crippen LogP contribution in [0, 0.1) is 5.92 Å². The Hall–Kier alpha value is -1.08. The molecule has 1 aliphatic carbocycles. The Balaban J connectivity index is 1.59. The van der Waals surface area contributed by atoms with Gasteiger partial charge in [0.2, 0.25) is 0 Å². The molecule has 120 valence electrons. The molecule has 1 atom stereocenters. The smallest absolute Gasteiger partial charge is 0.0840 e. The third-order valence-electron chi connectivity index (χ3n) is 5.48. The zero-order valence-electron chi connectivity index (χ0n) is 14.2. The van der Waals surface area contributed by atoms with Crippen molar-refractivity contribution in [2.24, 2.45) is 5.92 Å². The summed E-state index contributed by atoms with van der Waals surface area (Å²) in [7, 11) is 0. The molecular formula is C21H30O. The van der Waals surface area contributed by atoms with Crippen LogP contribution in [0.25, 0.3) is 0 Å². The zero-order chi connectivity index (χ0) is 15.4. The Morgan fingerprint density at radius 3 is 2.55 bits per heavy atom. The summed E-state index contributed by atoms with van der Waals surface area (Å²) in [5, 5.41) is 0. The summed E-state index contributed by atoms with van der Waals surface area (Å²) in [5.41, 5.74) is 2.90. The number of ether oxygens (including phenoxy) is 1. The minimum absolute atomic E-state index is 0.0567. The van der Waals surface area contributed by atoms with Gasteiger partial charge in [0.1, 0.15) is 0 Å². The third-order valence-corrected chi connectivity index (χ3v) is 5.48. The van der Waals surface area contributed by atoms with Crippen LogP contribution in [-0.4, -0.2) is 11.7 Å². The van der Waals surface area contributed by atoms with E-state index in [0.717, 1.165) is 25.2 Å². The van der Waals surface area contributed by atoms with Crippen LogP contribution in [0.5, 0.6) is 0 Å². The van der Waals surface area contributed by atoms with Gasteiger partial charge in [0.05, 0.1) is 11.7 Å². The lowest BCUT2D eigenvalue weighted by Gasteiger charge is -2.28. The van der Waals surface area contributed by atoms with Gasteiger partial charge in [-0.1, -0.05) is 55.7 Å². The van der Waals surface area contributed by atoms with E-state index in [1.807, 2.05) is 0 Å². The molecule has 22 heavy (non-hydrogen) atoms. The van der Waals surface area contributed by atoms with E-state index in [2.05, 4.69) is 50.3 Å². The minimum Gasteiger partial charge on any atom is -0.367 e. The van der Waals surface area contributed by atoms with Crippen LogP contribution < -0.4 is 0 Å². The average Bonchev–Trinajstić information content (AvgIpc) is 2.84. The summed E-state index contributed by atoms with van der Waals surface area (Å²) in [6.07, 6.45) is 13.3. The normalized spacial score (nSPS) is 27.4. The molecule has 1 saturated carbocycles. The highest BCUT2D eigenvalue weighted by molar-refractivity contribution is 5.22. The molecule has 1 heteroatoms. The van der Waals surface area contributed by atoms with Crippen LogP contribution in [0.3, 0.4) is 0 Å². The van der Waals surface area contributed by atoms with E-state index in [1.54, 1.807) is 0 Å². The van der Waals surface area contributed by atoms with Crippen LogP contribution in [0.15, 0.2) is 42.0 Å². The van der Waals surface area contributed by atoms with E-state index >= 15 is 0 Å². The fourth-order valence-corrected chi connectivity index (χ4v) is 4.11. The maximum Gasteiger partial charge on any atom is 0.0840 e. The Bertz CT molecular complexity index is 494. The topological polar surface area (TPSA) is 9.23 Å². The van der Waals surface area contributed by atoms with Gasteiger partial charge in [-0.3, -0.25) is 0 Å². The summed E-state index contributed by atoms with van der Waals surface area (Å²) in [6.45, 7) is 4.51. The summed E-state index contributed by atoms with van der Waals surface area (Å²) in [5.74, 6) is 0.799. The van der Waals surface area contributed by atoms with Gasteiger partial charge in [-0.25, -0.2) is 0 Å². The van der Waals surface area contributed by atoms with Crippen LogP contribution >= 0.6 is 0 Å². The van der Waals surface area contributed by atoms with Crippen LogP contribution in [-0.2, 0) is 11.2 Å². The Morgan fingerprint density at radius 2 is 1.82 bits per heavy atom. The maximum atomic E-state index is 6.44. The van der Waals surface area contributed by atoms with Crippen molar-refractivity contribution in [2.45, 2.75) is 76.9 Å². The van der Waals surface area contributed by atoms with Crippen LogP contribution in [0.2, 0.25) is 0 Å². The fraction of sp³-hybridized carbons (Fsp3) is 0.619. The van der Waals surface area contributed by atoms with Gasteiger partial charge in [-0.2, -0.15) is 0 Å². The van der Waals surface area contributed by atoms with Crippen molar-refractivity contribution in [3.63, 3.8) is 0 Å². The molecule has 1 aliphatic heterocycles. The monoisotopic (exact) mass is 298 g/mol. The van der Waals surface area contributed by atoms with E-state index in [1.165, 1.54) is 43.2 Å². The Kier molecular flexibility index (Phi) is 5.03. The second-order valence-electron chi connectivity index (χ2n) is 7.52. The molecule has 2 aliphatic rings. The number of aryl methyl sites for hydroxylation is 1. The van der Waals surface area contributed by atoms with E-state index in [4.69, 9.17) is 4.74 Å². The zero-order valence-corrected chi connectivity index (χ0v) is 14.2. The number of benzene rings is 1. The van der Waals surface area contributed by atoms with Crippen LogP contribution in [0.4, 0.5) is 0 Å². The van der Waals surface area contributed by atoms with Crippen molar-refractivity contribution in [3.05, 3.63) is 47.5 Å². The number of hydrogen-bond acceptors (Lipinski definition) is 1. The molecule has 0 bridgehead atoms. The van der Waals surface area contributed by atoms with Crippen molar-refractivity contribution >= 4 is 0 Å². The highest BCUT2D eigenvalue weighted by atomic mass is 16.5. The third kappa shape index (κ3) is 3.81. The molecule has 0 amide bonds. The van der Waals surface area contributed by atoms with Gasteiger partial charge in [0.25, 0.3) is 0 Å². The highest BCUT2D eigenvalue weighted by Crippen LogP contribution is 2.42. The predicted molar refractivity (Wildman–Crippen MR) is 93.0 cm³/mol. The van der Waals surface area contributed by atoms with E-state index in [-0.39, 0.29) is 5.60 Å². The lowest BCUT2D eigenvalue weighted by molar-refractivity contribution is -0.0390. The lowest BCUT2D eigenvalue weighted by atomic mass is 9.83. The standard InChI is InChI=1S/C21H30O/c1-21(2)19(15-9-12-17-10-5-3-6-11-17)16-20(22-21)18-13-7-4-8-14-18/h3,5-6,10-11,15,18,20H,4,7-9,12-14,16H2,1-2H3/b19-15+. The second-order valence-corrected chi connectivity index (χ2v) is 7.52. The molecule has 0 aromatic heterocycles. The summed E-state index contributed by atoms with van der Waals surface area (Å²) in [4.78, 5) is 0. The van der Waals surface area contributed by atoms with Gasteiger partial charge in [0, 0.05) is 0 Å². The van der Waals surface area contributed by atoms with Gasteiger partial charge in [0.15, 0.2) is 0 Å².